The molecule has 5 rings (SSSR count). The molecule has 5 heteroatoms. The molecule has 0 atom stereocenters. The summed E-state index contributed by atoms with van der Waals surface area (Å²) in [5, 5.41) is 4.80. The van der Waals surface area contributed by atoms with Crippen molar-refractivity contribution in [2.75, 3.05) is 11.9 Å². The molecule has 0 unspecified atom stereocenters. The molecule has 4 nitrogen and oxygen atoms in total. The molecule has 0 bridgehead atoms. The molecule has 1 aromatic carbocycles. The second-order valence-electron chi connectivity index (χ2n) is 8.28. The second-order valence-corrected chi connectivity index (χ2v) is 9.28. The zero-order valence-electron chi connectivity index (χ0n) is 17.0. The van der Waals surface area contributed by atoms with Crippen LogP contribution < -0.4 is 5.32 Å². The van der Waals surface area contributed by atoms with E-state index in [1.165, 1.54) is 34.9 Å². The molecule has 3 heterocycles. The van der Waals surface area contributed by atoms with Gasteiger partial charge in [0.1, 0.15) is 17.0 Å². The van der Waals surface area contributed by atoms with Gasteiger partial charge >= 0.3 is 0 Å². The van der Waals surface area contributed by atoms with E-state index in [4.69, 9.17) is 9.97 Å². The normalized spacial score (nSPS) is 13.9. The standard InChI is InChI=1S/C24H26N4S/c1-15(2)12-13-25-23-22-21(26-14-27-23)19-17-10-6-7-11-18(17)20(28-24(19)29-22)16-8-4-3-5-9-16/h3-5,8-9,14-15H,6-7,10-13H2,1-2H3,(H,25,26,27). The van der Waals surface area contributed by atoms with E-state index in [0.717, 1.165) is 52.4 Å². The summed E-state index contributed by atoms with van der Waals surface area (Å²) in [6, 6.07) is 10.6. The molecule has 0 fully saturated rings. The van der Waals surface area contributed by atoms with Crippen LogP contribution in [0.2, 0.25) is 0 Å². The first-order valence-corrected chi connectivity index (χ1v) is 11.4. The number of benzene rings is 1. The minimum Gasteiger partial charge on any atom is -0.369 e. The second kappa shape index (κ2) is 7.71. The van der Waals surface area contributed by atoms with Crippen LogP contribution >= 0.6 is 11.3 Å². The molecule has 0 spiro atoms. The van der Waals surface area contributed by atoms with Gasteiger partial charge < -0.3 is 5.32 Å². The van der Waals surface area contributed by atoms with Crippen molar-refractivity contribution in [2.24, 2.45) is 5.92 Å². The van der Waals surface area contributed by atoms with Gasteiger partial charge in [0.25, 0.3) is 0 Å². The summed E-state index contributed by atoms with van der Waals surface area (Å²) in [7, 11) is 0. The van der Waals surface area contributed by atoms with E-state index in [1.54, 1.807) is 17.7 Å². The van der Waals surface area contributed by atoms with Gasteiger partial charge in [-0.25, -0.2) is 15.0 Å². The predicted octanol–water partition coefficient (Wildman–Crippen LogP) is 6.24. The lowest BCUT2D eigenvalue weighted by Gasteiger charge is -2.20. The number of pyridine rings is 1. The number of nitrogens with one attached hydrogen (secondary N) is 1. The summed E-state index contributed by atoms with van der Waals surface area (Å²) in [4.78, 5) is 15.5. The average molecular weight is 403 g/mol. The van der Waals surface area contributed by atoms with Crippen LogP contribution in [-0.4, -0.2) is 21.5 Å². The molecule has 1 N–H and O–H groups in total. The molecule has 0 saturated heterocycles. The fourth-order valence-electron chi connectivity index (χ4n) is 4.30. The molecule has 1 aliphatic rings. The Morgan fingerprint density at radius 2 is 1.83 bits per heavy atom. The van der Waals surface area contributed by atoms with E-state index in [1.807, 2.05) is 0 Å². The van der Waals surface area contributed by atoms with E-state index in [0.29, 0.717) is 5.92 Å². The van der Waals surface area contributed by atoms with E-state index in [2.05, 4.69) is 54.5 Å². The van der Waals surface area contributed by atoms with Crippen molar-refractivity contribution in [3.8, 4) is 11.3 Å². The molecular formula is C24H26N4S. The largest absolute Gasteiger partial charge is 0.369 e. The topological polar surface area (TPSA) is 50.7 Å². The SMILES string of the molecule is CC(C)CCNc1ncnc2c1sc1nc(-c3ccccc3)c3c(c12)CCCC3. The summed E-state index contributed by atoms with van der Waals surface area (Å²) in [6.07, 6.45) is 7.51. The number of fused-ring (bicyclic) bond motifs is 5. The van der Waals surface area contributed by atoms with Crippen molar-refractivity contribution in [1.82, 2.24) is 15.0 Å². The number of aryl methyl sites for hydroxylation is 1. The molecule has 0 radical (unpaired) electrons. The monoisotopic (exact) mass is 402 g/mol. The van der Waals surface area contributed by atoms with Crippen LogP contribution in [0.1, 0.15) is 44.2 Å². The van der Waals surface area contributed by atoms with E-state index in [9.17, 15) is 0 Å². The summed E-state index contributed by atoms with van der Waals surface area (Å²) >= 11 is 1.73. The maximum Gasteiger partial charge on any atom is 0.147 e. The highest BCUT2D eigenvalue weighted by Gasteiger charge is 2.23. The van der Waals surface area contributed by atoms with E-state index in [-0.39, 0.29) is 0 Å². The Morgan fingerprint density at radius 1 is 1.03 bits per heavy atom. The third-order valence-corrected chi connectivity index (χ3v) is 6.86. The van der Waals surface area contributed by atoms with E-state index >= 15 is 0 Å². The Kier molecular flexibility index (Phi) is 4.92. The number of thiophene rings is 1. The predicted molar refractivity (Wildman–Crippen MR) is 123 cm³/mol. The van der Waals surface area contributed by atoms with Crippen molar-refractivity contribution in [3.05, 3.63) is 47.8 Å². The van der Waals surface area contributed by atoms with Crippen LogP contribution in [0.25, 0.3) is 31.7 Å². The van der Waals surface area contributed by atoms with Crippen molar-refractivity contribution in [1.29, 1.82) is 0 Å². The number of rotatable bonds is 5. The van der Waals surface area contributed by atoms with Crippen LogP contribution in [0.3, 0.4) is 0 Å². The van der Waals surface area contributed by atoms with Gasteiger partial charge in [-0.3, -0.25) is 0 Å². The molecule has 0 aliphatic heterocycles. The molecule has 1 aliphatic carbocycles. The number of aromatic nitrogens is 3. The van der Waals surface area contributed by atoms with E-state index < -0.39 is 0 Å². The first-order chi connectivity index (χ1) is 14.2. The quantitative estimate of drug-likeness (QED) is 0.429. The fourth-order valence-corrected chi connectivity index (χ4v) is 5.42. The molecule has 148 valence electrons. The Balaban J connectivity index is 1.70. The highest BCUT2D eigenvalue weighted by Crippen LogP contribution is 2.42. The van der Waals surface area contributed by atoms with Gasteiger partial charge in [0.15, 0.2) is 0 Å². The maximum atomic E-state index is 5.17. The molecule has 29 heavy (non-hydrogen) atoms. The Bertz CT molecular complexity index is 1160. The number of anilines is 1. The van der Waals surface area contributed by atoms with Crippen LogP contribution in [0.15, 0.2) is 36.7 Å². The molecule has 0 saturated carbocycles. The maximum absolute atomic E-state index is 5.17. The lowest BCUT2D eigenvalue weighted by Crippen LogP contribution is -2.07. The highest BCUT2D eigenvalue weighted by molar-refractivity contribution is 7.26. The van der Waals surface area contributed by atoms with Crippen LogP contribution in [0.5, 0.6) is 0 Å². The third-order valence-electron chi connectivity index (χ3n) is 5.78. The molecular weight excluding hydrogens is 376 g/mol. The summed E-state index contributed by atoms with van der Waals surface area (Å²) in [5.74, 6) is 1.62. The summed E-state index contributed by atoms with van der Waals surface area (Å²) in [5.41, 5.74) is 6.31. The minimum atomic E-state index is 0.671. The summed E-state index contributed by atoms with van der Waals surface area (Å²) in [6.45, 7) is 5.43. The van der Waals surface area contributed by atoms with Gasteiger partial charge in [-0.05, 0) is 49.1 Å². The number of hydrogen-bond donors (Lipinski definition) is 1. The number of hydrogen-bond acceptors (Lipinski definition) is 5. The first-order valence-electron chi connectivity index (χ1n) is 10.6. The molecule has 4 aromatic rings. The van der Waals surface area contributed by atoms with Gasteiger partial charge in [0.05, 0.1) is 15.9 Å². The molecule has 3 aromatic heterocycles. The third kappa shape index (κ3) is 3.38. The zero-order chi connectivity index (χ0) is 19.8. The van der Waals surface area contributed by atoms with Gasteiger partial charge in [-0.1, -0.05) is 44.2 Å². The van der Waals surface area contributed by atoms with Gasteiger partial charge in [0.2, 0.25) is 0 Å². The summed E-state index contributed by atoms with van der Waals surface area (Å²) < 4.78 is 1.14. The lowest BCUT2D eigenvalue weighted by molar-refractivity contribution is 0.607. The van der Waals surface area contributed by atoms with Gasteiger partial charge in [-0.15, -0.1) is 11.3 Å². The Hall–Kier alpha value is -2.53. The fraction of sp³-hybridized carbons (Fsp3) is 0.375. The van der Waals surface area contributed by atoms with Crippen LogP contribution in [0.4, 0.5) is 5.82 Å². The van der Waals surface area contributed by atoms with Crippen LogP contribution in [-0.2, 0) is 12.8 Å². The minimum absolute atomic E-state index is 0.671. The van der Waals surface area contributed by atoms with Gasteiger partial charge in [-0.2, -0.15) is 0 Å². The highest BCUT2D eigenvalue weighted by atomic mass is 32.1. The van der Waals surface area contributed by atoms with Crippen molar-refractivity contribution in [3.63, 3.8) is 0 Å². The average Bonchev–Trinajstić information content (AvgIpc) is 3.13. The van der Waals surface area contributed by atoms with Crippen LogP contribution in [0, 0.1) is 5.92 Å². The lowest BCUT2D eigenvalue weighted by atomic mass is 9.87. The van der Waals surface area contributed by atoms with Crippen molar-refractivity contribution >= 4 is 37.6 Å². The first kappa shape index (κ1) is 18.5. The zero-order valence-corrected chi connectivity index (χ0v) is 17.9. The van der Waals surface area contributed by atoms with Gasteiger partial charge in [0, 0.05) is 17.5 Å². The smallest absolute Gasteiger partial charge is 0.147 e. The molecule has 0 amide bonds. The Morgan fingerprint density at radius 3 is 2.62 bits per heavy atom. The van der Waals surface area contributed by atoms with Crippen molar-refractivity contribution in [2.45, 2.75) is 46.0 Å². The van der Waals surface area contributed by atoms with Crippen molar-refractivity contribution < 1.29 is 0 Å². The Labute approximate surface area is 175 Å². The number of nitrogens with zero attached hydrogens (tertiary/aromatic N) is 3.